The van der Waals surface area contributed by atoms with Crippen molar-refractivity contribution in [1.82, 2.24) is 25.4 Å². The Morgan fingerprint density at radius 3 is 2.83 bits per heavy atom. The number of carbonyl (C=O) groups is 3. The van der Waals surface area contributed by atoms with Crippen LogP contribution in [0.15, 0.2) is 30.6 Å². The fourth-order valence-corrected chi connectivity index (χ4v) is 2.49. The third-order valence-electron chi connectivity index (χ3n) is 3.46. The number of aromatic amines is 1. The molecule has 3 N–H and O–H groups in total. The van der Waals surface area contributed by atoms with Crippen LogP contribution in [0.1, 0.15) is 12.0 Å². The molecule has 4 amide bonds. The highest BCUT2D eigenvalue weighted by Gasteiger charge is 2.39. The molecule has 0 spiro atoms. The van der Waals surface area contributed by atoms with E-state index in [2.05, 4.69) is 25.8 Å². The summed E-state index contributed by atoms with van der Waals surface area (Å²) < 4.78 is 0. The predicted octanol–water partition coefficient (Wildman–Crippen LogP) is 0.907. The summed E-state index contributed by atoms with van der Waals surface area (Å²) in [5.41, 5.74) is 0.648. The molecule has 1 saturated heterocycles. The Bertz CT molecular complexity index is 779. The molecule has 9 nitrogen and oxygen atoms in total. The van der Waals surface area contributed by atoms with E-state index in [4.69, 9.17) is 11.6 Å². The molecular formula is C14H13ClN6O3. The quantitative estimate of drug-likeness (QED) is 0.693. The van der Waals surface area contributed by atoms with E-state index in [0.29, 0.717) is 10.6 Å². The molecule has 24 heavy (non-hydrogen) atoms. The van der Waals surface area contributed by atoms with Gasteiger partial charge in [0, 0.05) is 5.02 Å². The van der Waals surface area contributed by atoms with Crippen molar-refractivity contribution in [1.29, 1.82) is 0 Å². The van der Waals surface area contributed by atoms with Crippen molar-refractivity contribution in [3.63, 3.8) is 0 Å². The Morgan fingerprint density at radius 1 is 1.33 bits per heavy atom. The lowest BCUT2D eigenvalue weighted by Crippen LogP contribution is -2.34. The Balaban J connectivity index is 1.63. The summed E-state index contributed by atoms with van der Waals surface area (Å²) in [6, 6.07) is 5.45. The summed E-state index contributed by atoms with van der Waals surface area (Å²) in [4.78, 5) is 41.0. The van der Waals surface area contributed by atoms with Gasteiger partial charge in [0.15, 0.2) is 0 Å². The molecule has 0 bridgehead atoms. The van der Waals surface area contributed by atoms with Gasteiger partial charge >= 0.3 is 6.03 Å². The van der Waals surface area contributed by atoms with Gasteiger partial charge in [0.1, 0.15) is 12.4 Å². The van der Waals surface area contributed by atoms with E-state index in [1.807, 2.05) is 0 Å². The number of nitrogens with zero attached hydrogens (tertiary/aromatic N) is 3. The predicted molar refractivity (Wildman–Crippen MR) is 84.0 cm³/mol. The molecule has 1 fully saturated rings. The van der Waals surface area contributed by atoms with E-state index in [0.717, 1.165) is 4.90 Å². The highest BCUT2D eigenvalue weighted by atomic mass is 35.5. The molecule has 1 unspecified atom stereocenters. The molecule has 10 heteroatoms. The maximum Gasteiger partial charge on any atom is 0.325 e. The van der Waals surface area contributed by atoms with Crippen LogP contribution in [0.4, 0.5) is 10.7 Å². The van der Waals surface area contributed by atoms with Gasteiger partial charge in [0.25, 0.3) is 5.91 Å². The Labute approximate surface area is 141 Å². The number of H-pyrrole nitrogens is 1. The molecule has 2 aromatic rings. The first kappa shape index (κ1) is 15.9. The minimum atomic E-state index is -0.928. The van der Waals surface area contributed by atoms with Crippen LogP contribution in [0.25, 0.3) is 0 Å². The third kappa shape index (κ3) is 3.35. The van der Waals surface area contributed by atoms with E-state index in [-0.39, 0.29) is 18.9 Å². The summed E-state index contributed by atoms with van der Waals surface area (Å²) in [7, 11) is 0. The number of halogens is 1. The minimum absolute atomic E-state index is 0.0462. The number of imide groups is 1. The number of rotatable bonds is 5. The molecule has 0 aliphatic carbocycles. The zero-order valence-electron chi connectivity index (χ0n) is 12.3. The van der Waals surface area contributed by atoms with Crippen LogP contribution in [-0.2, 0) is 16.1 Å². The van der Waals surface area contributed by atoms with Gasteiger partial charge in [-0.3, -0.25) is 19.8 Å². The van der Waals surface area contributed by atoms with E-state index < -0.39 is 23.9 Å². The Kier molecular flexibility index (Phi) is 4.43. The van der Waals surface area contributed by atoms with E-state index in [1.165, 1.54) is 6.33 Å². The van der Waals surface area contributed by atoms with Gasteiger partial charge in [-0.15, -0.1) is 0 Å². The summed E-state index contributed by atoms with van der Waals surface area (Å²) in [5.74, 6) is -0.776. The number of anilines is 1. The lowest BCUT2D eigenvalue weighted by Gasteiger charge is -2.14. The smallest absolute Gasteiger partial charge is 0.325 e. The largest absolute Gasteiger partial charge is 0.325 e. The second-order valence-corrected chi connectivity index (χ2v) is 5.51. The minimum Gasteiger partial charge on any atom is -0.325 e. The van der Waals surface area contributed by atoms with Crippen LogP contribution in [-0.4, -0.2) is 44.0 Å². The normalized spacial score (nSPS) is 17.0. The number of urea groups is 1. The molecule has 0 radical (unpaired) electrons. The second-order valence-electron chi connectivity index (χ2n) is 5.10. The number of hydrogen-bond acceptors (Lipinski definition) is 5. The first-order chi connectivity index (χ1) is 11.5. The molecule has 1 aliphatic heterocycles. The van der Waals surface area contributed by atoms with Gasteiger partial charge in [-0.05, 0) is 11.6 Å². The van der Waals surface area contributed by atoms with Gasteiger partial charge in [-0.2, -0.15) is 10.1 Å². The fourth-order valence-electron chi connectivity index (χ4n) is 2.30. The number of amides is 4. The van der Waals surface area contributed by atoms with Crippen molar-refractivity contribution < 1.29 is 14.4 Å². The number of aromatic nitrogens is 3. The number of nitrogens with one attached hydrogen (secondary N) is 3. The van der Waals surface area contributed by atoms with E-state index in [9.17, 15) is 14.4 Å². The summed E-state index contributed by atoms with van der Waals surface area (Å²) in [6.45, 7) is 0.0462. The van der Waals surface area contributed by atoms with E-state index >= 15 is 0 Å². The highest BCUT2D eigenvalue weighted by molar-refractivity contribution is 6.31. The van der Waals surface area contributed by atoms with Gasteiger partial charge in [-0.25, -0.2) is 9.89 Å². The molecule has 1 aromatic carbocycles. The van der Waals surface area contributed by atoms with Gasteiger partial charge in [0.2, 0.25) is 11.9 Å². The van der Waals surface area contributed by atoms with Crippen molar-refractivity contribution in [2.45, 2.75) is 19.0 Å². The molecule has 124 valence electrons. The molecule has 1 atom stereocenters. The van der Waals surface area contributed by atoms with Gasteiger partial charge < -0.3 is 5.32 Å². The first-order valence-electron chi connectivity index (χ1n) is 7.05. The number of carbonyl (C=O) groups excluding carboxylic acids is 3. The summed E-state index contributed by atoms with van der Waals surface area (Å²) in [6.07, 6.45) is 1.04. The van der Waals surface area contributed by atoms with Crippen LogP contribution in [0.2, 0.25) is 5.02 Å². The molecular weight excluding hydrogens is 336 g/mol. The van der Waals surface area contributed by atoms with Gasteiger partial charge in [-0.1, -0.05) is 29.8 Å². The molecule has 2 heterocycles. The highest BCUT2D eigenvalue weighted by Crippen LogP contribution is 2.20. The zero-order chi connectivity index (χ0) is 17.1. The Hall–Kier alpha value is -2.94. The molecule has 1 aliphatic rings. The third-order valence-corrected chi connectivity index (χ3v) is 3.82. The van der Waals surface area contributed by atoms with Gasteiger partial charge in [0.05, 0.1) is 13.0 Å². The summed E-state index contributed by atoms with van der Waals surface area (Å²) >= 11 is 6.05. The lowest BCUT2D eigenvalue weighted by atomic mass is 10.1. The molecule has 3 rings (SSSR count). The standard InChI is InChI=1S/C14H13ClN6O3/c15-9-4-2-1-3-8(9)6-21-12(23)10(18-14(21)24)5-11(22)19-13-16-7-17-20-13/h1-4,7,10H,5-6H2,(H,18,24)(H2,16,17,19,20,22). The first-order valence-corrected chi connectivity index (χ1v) is 7.43. The average molecular weight is 349 g/mol. The maximum absolute atomic E-state index is 12.4. The number of hydrogen-bond donors (Lipinski definition) is 3. The van der Waals surface area contributed by atoms with Crippen molar-refractivity contribution in [2.24, 2.45) is 0 Å². The topological polar surface area (TPSA) is 120 Å². The fraction of sp³-hybridized carbons (Fsp3) is 0.214. The van der Waals surface area contributed by atoms with Crippen molar-refractivity contribution in [3.05, 3.63) is 41.2 Å². The lowest BCUT2D eigenvalue weighted by molar-refractivity contribution is -0.130. The second kappa shape index (κ2) is 6.67. The van der Waals surface area contributed by atoms with Crippen LogP contribution in [0.3, 0.4) is 0 Å². The molecule has 1 aromatic heterocycles. The average Bonchev–Trinajstić information content (AvgIpc) is 3.13. The van der Waals surface area contributed by atoms with Crippen LogP contribution < -0.4 is 10.6 Å². The Morgan fingerprint density at radius 2 is 2.12 bits per heavy atom. The van der Waals surface area contributed by atoms with Crippen molar-refractivity contribution in [3.8, 4) is 0 Å². The monoisotopic (exact) mass is 348 g/mol. The number of benzene rings is 1. The SMILES string of the molecule is O=C(CC1NC(=O)N(Cc2ccccc2Cl)C1=O)Nc1ncn[nH]1. The van der Waals surface area contributed by atoms with Crippen LogP contribution >= 0.6 is 11.6 Å². The summed E-state index contributed by atoms with van der Waals surface area (Å²) in [5, 5.41) is 11.5. The molecule has 0 saturated carbocycles. The van der Waals surface area contributed by atoms with Crippen LogP contribution in [0, 0.1) is 0 Å². The van der Waals surface area contributed by atoms with E-state index in [1.54, 1.807) is 24.3 Å². The maximum atomic E-state index is 12.4. The van der Waals surface area contributed by atoms with Crippen molar-refractivity contribution >= 4 is 35.4 Å². The van der Waals surface area contributed by atoms with Crippen LogP contribution in [0.5, 0.6) is 0 Å². The zero-order valence-corrected chi connectivity index (χ0v) is 13.1. The van der Waals surface area contributed by atoms with Crippen molar-refractivity contribution in [2.75, 3.05) is 5.32 Å².